The molecule has 1 fully saturated rings. The van der Waals surface area contributed by atoms with Crippen LogP contribution in [0.3, 0.4) is 0 Å². The van der Waals surface area contributed by atoms with Crippen LogP contribution in [0.4, 0.5) is 0 Å². The van der Waals surface area contributed by atoms with Gasteiger partial charge >= 0.3 is 0 Å². The molecule has 30 heavy (non-hydrogen) atoms. The van der Waals surface area contributed by atoms with Gasteiger partial charge in [0.05, 0.1) is 47.8 Å². The van der Waals surface area contributed by atoms with E-state index in [4.69, 9.17) is 28.4 Å². The predicted octanol–water partition coefficient (Wildman–Crippen LogP) is 2.97. The molecule has 1 aliphatic carbocycles. The largest absolute Gasteiger partial charge is 0.502 e. The van der Waals surface area contributed by atoms with Crippen molar-refractivity contribution in [2.24, 2.45) is 11.8 Å². The number of hydrogen-bond donors (Lipinski definition) is 2. The molecule has 0 unspecified atom stereocenters. The van der Waals surface area contributed by atoms with Crippen LogP contribution in [0, 0.1) is 11.8 Å². The van der Waals surface area contributed by atoms with E-state index in [0.29, 0.717) is 36.0 Å². The zero-order valence-corrected chi connectivity index (χ0v) is 17.2. The van der Waals surface area contributed by atoms with Crippen molar-refractivity contribution in [3.8, 4) is 40.2 Å². The molecule has 2 aromatic rings. The van der Waals surface area contributed by atoms with Gasteiger partial charge in [0.1, 0.15) is 5.75 Å². The van der Waals surface area contributed by atoms with Crippen LogP contribution in [-0.2, 0) is 4.74 Å². The van der Waals surface area contributed by atoms with Crippen LogP contribution in [0.1, 0.15) is 28.7 Å². The fraction of sp³-hybridized carbons (Fsp3) is 0.455. The van der Waals surface area contributed by atoms with Crippen LogP contribution in [0.2, 0.25) is 0 Å². The zero-order valence-electron chi connectivity index (χ0n) is 17.2. The van der Waals surface area contributed by atoms with E-state index >= 15 is 0 Å². The van der Waals surface area contributed by atoms with Gasteiger partial charge in [-0.3, -0.25) is 0 Å². The zero-order chi connectivity index (χ0) is 21.2. The van der Waals surface area contributed by atoms with Gasteiger partial charge in [0.15, 0.2) is 23.0 Å². The summed E-state index contributed by atoms with van der Waals surface area (Å²) in [7, 11) is 5.99. The molecule has 1 saturated heterocycles. The first-order valence-corrected chi connectivity index (χ1v) is 9.75. The molecule has 2 aromatic carbocycles. The number of rotatable bonds is 4. The Morgan fingerprint density at radius 1 is 0.800 bits per heavy atom. The van der Waals surface area contributed by atoms with E-state index in [9.17, 15) is 10.2 Å². The van der Waals surface area contributed by atoms with E-state index in [0.717, 1.165) is 11.1 Å². The number of methoxy groups -OCH3 is 4. The molecule has 2 N–H and O–H groups in total. The molecule has 4 bridgehead atoms. The van der Waals surface area contributed by atoms with Gasteiger partial charge in [0.25, 0.3) is 0 Å². The molecule has 160 valence electrons. The number of phenolic OH excluding ortho intramolecular Hbond substituents is 2. The maximum Gasteiger partial charge on any atom is 0.201 e. The summed E-state index contributed by atoms with van der Waals surface area (Å²) in [4.78, 5) is 0. The van der Waals surface area contributed by atoms with Crippen LogP contribution in [0.5, 0.6) is 40.2 Å². The van der Waals surface area contributed by atoms with Crippen molar-refractivity contribution >= 4 is 0 Å². The highest BCUT2D eigenvalue weighted by Crippen LogP contribution is 2.64. The van der Waals surface area contributed by atoms with Crippen LogP contribution in [0.15, 0.2) is 12.1 Å². The lowest BCUT2D eigenvalue weighted by atomic mass is 9.67. The average molecular weight is 416 g/mol. The molecule has 3 aliphatic rings. The number of ether oxygens (including phenoxy) is 6. The van der Waals surface area contributed by atoms with Gasteiger partial charge in [0, 0.05) is 34.9 Å². The average Bonchev–Trinajstić information content (AvgIpc) is 3.03. The number of aromatic hydroxyl groups is 2. The Bertz CT molecular complexity index is 1020. The molecule has 8 nitrogen and oxygen atoms in total. The SMILES string of the molecule is COc1cc2c(c(OC)c1O)[C@H]1c3c(cc(OC)c(O)c3OC)[C@@H]3OC[C@H]1[C@@H]3CO2. The van der Waals surface area contributed by atoms with Gasteiger partial charge in [0.2, 0.25) is 11.5 Å². The second kappa shape index (κ2) is 6.77. The lowest BCUT2D eigenvalue weighted by molar-refractivity contribution is 0.0751. The van der Waals surface area contributed by atoms with Crippen LogP contribution < -0.4 is 23.7 Å². The second-order valence-electron chi connectivity index (χ2n) is 7.71. The smallest absolute Gasteiger partial charge is 0.201 e. The predicted molar refractivity (Wildman–Crippen MR) is 105 cm³/mol. The van der Waals surface area contributed by atoms with E-state index in [-0.39, 0.29) is 46.9 Å². The molecule has 5 rings (SSSR count). The summed E-state index contributed by atoms with van der Waals surface area (Å²) in [6.45, 7) is 0.959. The fourth-order valence-electron chi connectivity index (χ4n) is 5.29. The summed E-state index contributed by atoms with van der Waals surface area (Å²) in [5, 5.41) is 21.6. The molecular formula is C22H24O8. The first-order valence-electron chi connectivity index (χ1n) is 9.75. The maximum absolute atomic E-state index is 10.8. The van der Waals surface area contributed by atoms with Crippen molar-refractivity contribution in [3.63, 3.8) is 0 Å². The monoisotopic (exact) mass is 416 g/mol. The van der Waals surface area contributed by atoms with Crippen molar-refractivity contribution < 1.29 is 38.6 Å². The van der Waals surface area contributed by atoms with Gasteiger partial charge in [-0.05, 0) is 11.6 Å². The molecule has 4 atom stereocenters. The maximum atomic E-state index is 10.8. The number of benzene rings is 2. The lowest BCUT2D eigenvalue weighted by Crippen LogP contribution is -2.30. The highest BCUT2D eigenvalue weighted by atomic mass is 16.5. The van der Waals surface area contributed by atoms with Gasteiger partial charge < -0.3 is 38.6 Å². The first-order chi connectivity index (χ1) is 14.5. The summed E-state index contributed by atoms with van der Waals surface area (Å²) < 4.78 is 34.3. The molecule has 0 spiro atoms. The molecule has 8 heteroatoms. The summed E-state index contributed by atoms with van der Waals surface area (Å²) in [5.74, 6) is 1.49. The Labute approximate surface area is 173 Å². The first kappa shape index (κ1) is 19.0. The van der Waals surface area contributed by atoms with Crippen LogP contribution in [0.25, 0.3) is 0 Å². The Balaban J connectivity index is 1.86. The van der Waals surface area contributed by atoms with E-state index in [1.807, 2.05) is 0 Å². The molecule has 0 radical (unpaired) electrons. The van der Waals surface area contributed by atoms with Crippen molar-refractivity contribution in [2.45, 2.75) is 12.0 Å². The molecular weight excluding hydrogens is 392 g/mol. The van der Waals surface area contributed by atoms with E-state index < -0.39 is 0 Å². The Morgan fingerprint density at radius 2 is 1.43 bits per heavy atom. The molecule has 2 aliphatic heterocycles. The van der Waals surface area contributed by atoms with Gasteiger partial charge in [-0.25, -0.2) is 0 Å². The third-order valence-electron chi connectivity index (χ3n) is 6.55. The normalized spacial score (nSPS) is 25.5. The molecule has 0 aromatic heterocycles. The second-order valence-corrected chi connectivity index (χ2v) is 7.71. The number of fused-ring (bicyclic) bond motifs is 5. The van der Waals surface area contributed by atoms with Gasteiger partial charge in [-0.2, -0.15) is 0 Å². The topological polar surface area (TPSA) is 95.8 Å². The Morgan fingerprint density at radius 3 is 2.07 bits per heavy atom. The number of hydrogen-bond acceptors (Lipinski definition) is 8. The van der Waals surface area contributed by atoms with Gasteiger partial charge in [-0.1, -0.05) is 0 Å². The van der Waals surface area contributed by atoms with Crippen LogP contribution in [-0.4, -0.2) is 51.9 Å². The van der Waals surface area contributed by atoms with Gasteiger partial charge in [-0.15, -0.1) is 0 Å². The highest BCUT2D eigenvalue weighted by molar-refractivity contribution is 5.69. The summed E-state index contributed by atoms with van der Waals surface area (Å²) >= 11 is 0. The summed E-state index contributed by atoms with van der Waals surface area (Å²) in [6.07, 6.45) is -0.208. The Kier molecular flexibility index (Phi) is 4.28. The molecule has 0 saturated carbocycles. The Hall–Kier alpha value is -3.00. The quantitative estimate of drug-likeness (QED) is 0.786. The third kappa shape index (κ3) is 2.31. The summed E-state index contributed by atoms with van der Waals surface area (Å²) in [6, 6.07) is 3.48. The van der Waals surface area contributed by atoms with E-state index in [1.54, 1.807) is 12.1 Å². The van der Waals surface area contributed by atoms with Crippen molar-refractivity contribution in [3.05, 3.63) is 28.8 Å². The number of phenols is 2. The summed E-state index contributed by atoms with van der Waals surface area (Å²) in [5.41, 5.74) is 2.38. The molecule has 0 amide bonds. The lowest BCUT2D eigenvalue weighted by Gasteiger charge is -2.36. The van der Waals surface area contributed by atoms with Crippen molar-refractivity contribution in [1.82, 2.24) is 0 Å². The minimum absolute atomic E-state index is 0.0622. The minimum atomic E-state index is -0.278. The fourth-order valence-corrected chi connectivity index (χ4v) is 5.29. The minimum Gasteiger partial charge on any atom is -0.502 e. The highest BCUT2D eigenvalue weighted by Gasteiger charge is 2.54. The van der Waals surface area contributed by atoms with Crippen molar-refractivity contribution in [2.75, 3.05) is 41.7 Å². The van der Waals surface area contributed by atoms with Crippen LogP contribution >= 0.6 is 0 Å². The van der Waals surface area contributed by atoms with E-state index in [2.05, 4.69) is 0 Å². The standard InChI is InChI=1S/C22H24O8/c1-25-13-5-9-16(21(27-3)18(13)23)15-10-7-30-20(9)11(10)8-29-12-6-14(26-2)19(24)22(28-4)17(12)15/h5-6,10-11,15,20,23-24H,7-8H2,1-4H3/t10-,11-,15+,20-/m0/s1. The van der Waals surface area contributed by atoms with Crippen molar-refractivity contribution in [1.29, 1.82) is 0 Å². The van der Waals surface area contributed by atoms with E-state index in [1.165, 1.54) is 28.4 Å². The molecule has 2 heterocycles. The third-order valence-corrected chi connectivity index (χ3v) is 6.55.